The highest BCUT2D eigenvalue weighted by Crippen LogP contribution is 2.25. The van der Waals surface area contributed by atoms with Crippen molar-refractivity contribution in [3.63, 3.8) is 0 Å². The lowest BCUT2D eigenvalue weighted by molar-refractivity contribution is 0.0940. The van der Waals surface area contributed by atoms with Crippen molar-refractivity contribution >= 4 is 11.6 Å². The summed E-state index contributed by atoms with van der Waals surface area (Å²) in [5.74, 6) is 1.54. The summed E-state index contributed by atoms with van der Waals surface area (Å²) in [5.41, 5.74) is 4.44. The summed E-state index contributed by atoms with van der Waals surface area (Å²) < 4.78 is 0. The molecule has 2 aromatic carbocycles. The van der Waals surface area contributed by atoms with E-state index in [0.717, 1.165) is 42.6 Å². The molecule has 2 saturated heterocycles. The number of hydrogen-bond acceptors (Lipinski definition) is 3. The number of hydrogen-bond donors (Lipinski definition) is 1. The average molecular weight is 434 g/mol. The second-order valence-electron chi connectivity index (χ2n) is 10.2. The zero-order valence-electron chi connectivity index (χ0n) is 20.0. The van der Waals surface area contributed by atoms with Gasteiger partial charge in [-0.1, -0.05) is 38.1 Å². The van der Waals surface area contributed by atoms with Crippen LogP contribution in [0.3, 0.4) is 0 Å². The van der Waals surface area contributed by atoms with E-state index in [-0.39, 0.29) is 11.9 Å². The lowest BCUT2D eigenvalue weighted by Crippen LogP contribution is -2.34. The number of amides is 1. The monoisotopic (exact) mass is 433 g/mol. The van der Waals surface area contributed by atoms with Crippen LogP contribution in [-0.4, -0.2) is 37.0 Å². The van der Waals surface area contributed by atoms with E-state index in [1.165, 1.54) is 50.0 Å². The third-order valence-electron chi connectivity index (χ3n) is 7.13. The largest absolute Gasteiger partial charge is 0.371 e. The van der Waals surface area contributed by atoms with Crippen molar-refractivity contribution in [3.05, 3.63) is 65.2 Å². The van der Waals surface area contributed by atoms with Gasteiger partial charge in [0, 0.05) is 37.4 Å². The number of piperidine rings is 2. The average Bonchev–Trinajstić information content (AvgIpc) is 2.79. The number of carbonyl (C=O) groups is 1. The fourth-order valence-electron chi connectivity index (χ4n) is 5.21. The van der Waals surface area contributed by atoms with Crippen LogP contribution in [0.2, 0.25) is 0 Å². The standard InChI is InChI=1S/C28H39N3O/c1-21-6-4-16-30(18-21)20-24-8-10-26(11-9-24)28(32)29-23(3)25-12-14-27(15-13-25)31-17-5-7-22(2)19-31/h8-15,21-23H,4-7,16-20H2,1-3H3,(H,29,32). The van der Waals surface area contributed by atoms with Crippen molar-refractivity contribution in [2.75, 3.05) is 31.1 Å². The Bertz CT molecular complexity index is 877. The molecule has 4 heteroatoms. The first-order valence-electron chi connectivity index (χ1n) is 12.4. The van der Waals surface area contributed by atoms with Crippen LogP contribution in [-0.2, 0) is 6.54 Å². The smallest absolute Gasteiger partial charge is 0.251 e. The van der Waals surface area contributed by atoms with Gasteiger partial charge >= 0.3 is 0 Å². The summed E-state index contributed by atoms with van der Waals surface area (Å²) in [7, 11) is 0. The van der Waals surface area contributed by atoms with E-state index in [9.17, 15) is 4.79 Å². The van der Waals surface area contributed by atoms with Gasteiger partial charge in [0.05, 0.1) is 6.04 Å². The molecule has 4 rings (SSSR count). The molecular formula is C28H39N3O. The molecule has 0 saturated carbocycles. The molecule has 3 unspecified atom stereocenters. The Morgan fingerprint density at radius 1 is 0.938 bits per heavy atom. The Hall–Kier alpha value is -2.33. The molecule has 3 atom stereocenters. The third kappa shape index (κ3) is 5.92. The van der Waals surface area contributed by atoms with Gasteiger partial charge in [0.15, 0.2) is 0 Å². The fourth-order valence-corrected chi connectivity index (χ4v) is 5.21. The first kappa shape index (κ1) is 22.8. The van der Waals surface area contributed by atoms with Crippen LogP contribution in [0.15, 0.2) is 48.5 Å². The quantitative estimate of drug-likeness (QED) is 0.640. The molecule has 1 N–H and O–H groups in total. The van der Waals surface area contributed by atoms with Crippen LogP contribution in [0.1, 0.15) is 74.0 Å². The predicted molar refractivity (Wildman–Crippen MR) is 133 cm³/mol. The number of likely N-dealkylation sites (tertiary alicyclic amines) is 1. The van der Waals surface area contributed by atoms with Gasteiger partial charge < -0.3 is 10.2 Å². The molecule has 32 heavy (non-hydrogen) atoms. The number of rotatable bonds is 6. The molecular weight excluding hydrogens is 394 g/mol. The van der Waals surface area contributed by atoms with Crippen molar-refractivity contribution in [2.24, 2.45) is 11.8 Å². The van der Waals surface area contributed by atoms with Crippen LogP contribution in [0, 0.1) is 11.8 Å². The number of benzene rings is 2. The van der Waals surface area contributed by atoms with E-state index in [0.29, 0.717) is 0 Å². The van der Waals surface area contributed by atoms with Gasteiger partial charge in [0.2, 0.25) is 0 Å². The Morgan fingerprint density at radius 2 is 1.59 bits per heavy atom. The highest BCUT2D eigenvalue weighted by atomic mass is 16.1. The summed E-state index contributed by atoms with van der Waals surface area (Å²) in [6.45, 7) is 12.3. The Labute approximate surface area is 194 Å². The number of nitrogens with zero attached hydrogens (tertiary/aromatic N) is 2. The van der Waals surface area contributed by atoms with Crippen molar-refractivity contribution in [2.45, 2.75) is 59.0 Å². The van der Waals surface area contributed by atoms with Gasteiger partial charge in [0.1, 0.15) is 0 Å². The first-order chi connectivity index (χ1) is 15.5. The van der Waals surface area contributed by atoms with Gasteiger partial charge in [0.25, 0.3) is 5.91 Å². The molecule has 0 spiro atoms. The second kappa shape index (κ2) is 10.5. The van der Waals surface area contributed by atoms with Gasteiger partial charge in [-0.25, -0.2) is 0 Å². The first-order valence-corrected chi connectivity index (χ1v) is 12.4. The SMILES string of the molecule is CC1CCCN(Cc2ccc(C(=O)NC(C)c3ccc(N4CCCC(C)C4)cc3)cc2)C1. The summed E-state index contributed by atoms with van der Waals surface area (Å²) in [5, 5.41) is 3.16. The number of anilines is 1. The van der Waals surface area contributed by atoms with Crippen LogP contribution in [0.4, 0.5) is 5.69 Å². The van der Waals surface area contributed by atoms with Gasteiger partial charge in [-0.3, -0.25) is 9.69 Å². The minimum Gasteiger partial charge on any atom is -0.371 e. The molecule has 2 aliphatic rings. The molecule has 0 bridgehead atoms. The topological polar surface area (TPSA) is 35.6 Å². The normalized spacial score (nSPS) is 23.0. The molecule has 0 aromatic heterocycles. The van der Waals surface area contributed by atoms with E-state index < -0.39 is 0 Å². The van der Waals surface area contributed by atoms with Gasteiger partial charge in [-0.15, -0.1) is 0 Å². The minimum absolute atomic E-state index is 0.00965. The Kier molecular flexibility index (Phi) is 7.51. The summed E-state index contributed by atoms with van der Waals surface area (Å²) in [6, 6.07) is 16.8. The van der Waals surface area contributed by atoms with E-state index in [1.54, 1.807) is 0 Å². The van der Waals surface area contributed by atoms with Crippen LogP contribution >= 0.6 is 0 Å². The van der Waals surface area contributed by atoms with Crippen LogP contribution in [0.25, 0.3) is 0 Å². The van der Waals surface area contributed by atoms with E-state index in [1.807, 2.05) is 12.1 Å². The van der Waals surface area contributed by atoms with E-state index >= 15 is 0 Å². The highest BCUT2D eigenvalue weighted by molar-refractivity contribution is 5.94. The predicted octanol–water partition coefficient (Wildman–Crippen LogP) is 5.65. The second-order valence-corrected chi connectivity index (χ2v) is 10.2. The Balaban J connectivity index is 1.31. The zero-order valence-corrected chi connectivity index (χ0v) is 20.0. The maximum absolute atomic E-state index is 12.8. The zero-order chi connectivity index (χ0) is 22.5. The molecule has 2 aromatic rings. The summed E-state index contributed by atoms with van der Waals surface area (Å²) in [4.78, 5) is 17.8. The van der Waals surface area contributed by atoms with E-state index in [2.05, 4.69) is 72.3 Å². The number of nitrogens with one attached hydrogen (secondary N) is 1. The third-order valence-corrected chi connectivity index (χ3v) is 7.13. The minimum atomic E-state index is -0.0219. The molecule has 2 heterocycles. The maximum Gasteiger partial charge on any atom is 0.251 e. The van der Waals surface area contributed by atoms with Gasteiger partial charge in [-0.2, -0.15) is 0 Å². The Morgan fingerprint density at radius 3 is 2.25 bits per heavy atom. The fraction of sp³-hybridized carbons (Fsp3) is 0.536. The molecule has 1 amide bonds. The molecule has 0 aliphatic carbocycles. The van der Waals surface area contributed by atoms with Crippen molar-refractivity contribution in [3.8, 4) is 0 Å². The summed E-state index contributed by atoms with van der Waals surface area (Å²) in [6.07, 6.45) is 5.23. The van der Waals surface area contributed by atoms with Crippen LogP contribution < -0.4 is 10.2 Å². The maximum atomic E-state index is 12.8. The number of carbonyl (C=O) groups excluding carboxylic acids is 1. The molecule has 172 valence electrons. The van der Waals surface area contributed by atoms with E-state index in [4.69, 9.17) is 0 Å². The highest BCUT2D eigenvalue weighted by Gasteiger charge is 2.18. The molecule has 2 fully saturated rings. The van der Waals surface area contributed by atoms with Crippen LogP contribution in [0.5, 0.6) is 0 Å². The summed E-state index contributed by atoms with van der Waals surface area (Å²) >= 11 is 0. The molecule has 2 aliphatic heterocycles. The van der Waals surface area contributed by atoms with Crippen molar-refractivity contribution in [1.29, 1.82) is 0 Å². The van der Waals surface area contributed by atoms with Gasteiger partial charge in [-0.05, 0) is 86.4 Å². The molecule has 4 nitrogen and oxygen atoms in total. The lowest BCUT2D eigenvalue weighted by Gasteiger charge is -2.33. The van der Waals surface area contributed by atoms with Crippen molar-refractivity contribution < 1.29 is 4.79 Å². The van der Waals surface area contributed by atoms with Crippen molar-refractivity contribution in [1.82, 2.24) is 10.2 Å². The lowest BCUT2D eigenvalue weighted by atomic mass is 9.99. The molecule has 0 radical (unpaired) electrons.